The first kappa shape index (κ1) is 11.2. The zero-order chi connectivity index (χ0) is 11.4. The van der Waals surface area contributed by atoms with Gasteiger partial charge in [0.05, 0.1) is 0 Å². The third kappa shape index (κ3) is 2.62. The maximum Gasteiger partial charge on any atom is 0.224 e. The van der Waals surface area contributed by atoms with Crippen LogP contribution in [0.4, 0.5) is 11.8 Å². The van der Waals surface area contributed by atoms with Crippen LogP contribution < -0.4 is 10.6 Å². The standard InChI is InChI=1S/C12H20N4/c1-3-13-11-14-8-5-10(16-11)15-9-12(2)6-4-7-12/h5,8H,3-4,6-7,9H2,1-2H3,(H2,13,14,15,16). The SMILES string of the molecule is CCNc1nccc(NCC2(C)CCC2)n1. The van der Waals surface area contributed by atoms with Gasteiger partial charge in [-0.25, -0.2) is 4.98 Å². The summed E-state index contributed by atoms with van der Waals surface area (Å²) in [7, 11) is 0. The molecule has 0 unspecified atom stereocenters. The van der Waals surface area contributed by atoms with Crippen molar-refractivity contribution in [3.05, 3.63) is 12.3 Å². The van der Waals surface area contributed by atoms with Crippen LogP contribution in [-0.4, -0.2) is 23.1 Å². The zero-order valence-corrected chi connectivity index (χ0v) is 10.1. The Morgan fingerprint density at radius 3 is 2.81 bits per heavy atom. The second kappa shape index (κ2) is 4.68. The van der Waals surface area contributed by atoms with E-state index in [9.17, 15) is 0 Å². The van der Waals surface area contributed by atoms with E-state index in [1.807, 2.05) is 13.0 Å². The van der Waals surface area contributed by atoms with Crippen LogP contribution in [0.25, 0.3) is 0 Å². The third-order valence-electron chi connectivity index (χ3n) is 3.25. The smallest absolute Gasteiger partial charge is 0.224 e. The quantitative estimate of drug-likeness (QED) is 0.800. The number of nitrogens with one attached hydrogen (secondary N) is 2. The lowest BCUT2D eigenvalue weighted by Gasteiger charge is -2.38. The number of rotatable bonds is 5. The highest BCUT2D eigenvalue weighted by molar-refractivity contribution is 5.39. The topological polar surface area (TPSA) is 49.8 Å². The number of anilines is 2. The van der Waals surface area contributed by atoms with Crippen molar-refractivity contribution >= 4 is 11.8 Å². The first-order valence-corrected chi connectivity index (χ1v) is 6.03. The molecule has 0 aliphatic heterocycles. The van der Waals surface area contributed by atoms with Crippen molar-refractivity contribution in [1.29, 1.82) is 0 Å². The van der Waals surface area contributed by atoms with Gasteiger partial charge < -0.3 is 10.6 Å². The normalized spacial score (nSPS) is 17.6. The second-order valence-corrected chi connectivity index (χ2v) is 4.81. The summed E-state index contributed by atoms with van der Waals surface area (Å²) in [4.78, 5) is 8.54. The molecule has 2 N–H and O–H groups in total. The first-order chi connectivity index (χ1) is 7.72. The van der Waals surface area contributed by atoms with Gasteiger partial charge in [0.2, 0.25) is 5.95 Å². The highest BCUT2D eigenvalue weighted by Gasteiger charge is 2.31. The molecular formula is C12H20N4. The van der Waals surface area contributed by atoms with Gasteiger partial charge in [0.15, 0.2) is 0 Å². The van der Waals surface area contributed by atoms with Crippen molar-refractivity contribution in [1.82, 2.24) is 9.97 Å². The molecule has 1 aromatic rings. The van der Waals surface area contributed by atoms with Gasteiger partial charge in [0, 0.05) is 19.3 Å². The van der Waals surface area contributed by atoms with Gasteiger partial charge >= 0.3 is 0 Å². The molecule has 88 valence electrons. The molecule has 0 spiro atoms. The lowest BCUT2D eigenvalue weighted by atomic mass is 9.70. The van der Waals surface area contributed by atoms with Crippen LogP contribution in [0.15, 0.2) is 12.3 Å². The van der Waals surface area contributed by atoms with Crippen LogP contribution in [0, 0.1) is 5.41 Å². The molecule has 4 heteroatoms. The fourth-order valence-electron chi connectivity index (χ4n) is 1.96. The van der Waals surface area contributed by atoms with Gasteiger partial charge in [-0.1, -0.05) is 13.3 Å². The maximum absolute atomic E-state index is 4.39. The Bertz CT molecular complexity index is 347. The average molecular weight is 220 g/mol. The Morgan fingerprint density at radius 2 is 2.19 bits per heavy atom. The number of hydrogen-bond donors (Lipinski definition) is 2. The predicted molar refractivity (Wildman–Crippen MR) is 66.6 cm³/mol. The number of nitrogens with zero attached hydrogens (tertiary/aromatic N) is 2. The Hall–Kier alpha value is -1.32. The Balaban J connectivity index is 1.90. The lowest BCUT2D eigenvalue weighted by molar-refractivity contribution is 0.180. The minimum atomic E-state index is 0.475. The summed E-state index contributed by atoms with van der Waals surface area (Å²) in [5.74, 6) is 1.62. The van der Waals surface area contributed by atoms with Crippen LogP contribution in [0.2, 0.25) is 0 Å². The molecule has 0 atom stereocenters. The molecule has 1 aliphatic carbocycles. The summed E-state index contributed by atoms with van der Waals surface area (Å²) in [5.41, 5.74) is 0.475. The van der Waals surface area contributed by atoms with Crippen molar-refractivity contribution in [2.75, 3.05) is 23.7 Å². The molecule has 2 rings (SSSR count). The molecule has 0 aromatic carbocycles. The third-order valence-corrected chi connectivity index (χ3v) is 3.25. The van der Waals surface area contributed by atoms with Crippen LogP contribution in [0.1, 0.15) is 33.1 Å². The molecule has 1 heterocycles. The number of aromatic nitrogens is 2. The molecular weight excluding hydrogens is 200 g/mol. The second-order valence-electron chi connectivity index (χ2n) is 4.81. The van der Waals surface area contributed by atoms with E-state index in [-0.39, 0.29) is 0 Å². The Morgan fingerprint density at radius 1 is 1.38 bits per heavy atom. The highest BCUT2D eigenvalue weighted by Crippen LogP contribution is 2.40. The summed E-state index contributed by atoms with van der Waals surface area (Å²) >= 11 is 0. The maximum atomic E-state index is 4.39. The molecule has 0 radical (unpaired) electrons. The van der Waals surface area contributed by atoms with Crippen molar-refractivity contribution in [2.45, 2.75) is 33.1 Å². The van der Waals surface area contributed by atoms with E-state index in [0.717, 1.165) is 18.9 Å². The van der Waals surface area contributed by atoms with E-state index in [0.29, 0.717) is 11.4 Å². The fourth-order valence-corrected chi connectivity index (χ4v) is 1.96. The lowest BCUT2D eigenvalue weighted by Crippen LogP contribution is -2.33. The van der Waals surface area contributed by atoms with Crippen LogP contribution in [0.3, 0.4) is 0 Å². The summed E-state index contributed by atoms with van der Waals surface area (Å²) < 4.78 is 0. The molecule has 1 aromatic heterocycles. The predicted octanol–water partition coefficient (Wildman–Crippen LogP) is 2.51. The van der Waals surface area contributed by atoms with E-state index in [1.165, 1.54) is 19.3 Å². The van der Waals surface area contributed by atoms with E-state index in [2.05, 4.69) is 27.5 Å². The van der Waals surface area contributed by atoms with Gasteiger partial charge in [0.25, 0.3) is 0 Å². The van der Waals surface area contributed by atoms with Crippen molar-refractivity contribution in [3.63, 3.8) is 0 Å². The summed E-state index contributed by atoms with van der Waals surface area (Å²) in [6.07, 6.45) is 5.80. The molecule has 16 heavy (non-hydrogen) atoms. The summed E-state index contributed by atoms with van der Waals surface area (Å²) in [5, 5.41) is 6.51. The van der Waals surface area contributed by atoms with Gasteiger partial charge in [0.1, 0.15) is 5.82 Å². The van der Waals surface area contributed by atoms with Gasteiger partial charge in [-0.05, 0) is 31.2 Å². The Labute approximate surface area is 96.9 Å². The highest BCUT2D eigenvalue weighted by atomic mass is 15.1. The summed E-state index contributed by atoms with van der Waals surface area (Å²) in [6.45, 7) is 6.23. The molecule has 0 saturated heterocycles. The van der Waals surface area contributed by atoms with E-state index in [1.54, 1.807) is 6.20 Å². The monoisotopic (exact) mass is 220 g/mol. The number of hydrogen-bond acceptors (Lipinski definition) is 4. The van der Waals surface area contributed by atoms with Crippen molar-refractivity contribution < 1.29 is 0 Å². The first-order valence-electron chi connectivity index (χ1n) is 6.03. The van der Waals surface area contributed by atoms with E-state index >= 15 is 0 Å². The average Bonchev–Trinajstić information content (AvgIpc) is 2.25. The van der Waals surface area contributed by atoms with Gasteiger partial charge in [-0.15, -0.1) is 0 Å². The van der Waals surface area contributed by atoms with E-state index < -0.39 is 0 Å². The zero-order valence-electron chi connectivity index (χ0n) is 10.1. The summed E-state index contributed by atoms with van der Waals surface area (Å²) in [6, 6.07) is 1.92. The Kier molecular flexibility index (Phi) is 3.27. The molecule has 1 saturated carbocycles. The van der Waals surface area contributed by atoms with Crippen LogP contribution in [-0.2, 0) is 0 Å². The van der Waals surface area contributed by atoms with Crippen LogP contribution in [0.5, 0.6) is 0 Å². The van der Waals surface area contributed by atoms with Crippen molar-refractivity contribution in [3.8, 4) is 0 Å². The minimum absolute atomic E-state index is 0.475. The van der Waals surface area contributed by atoms with Crippen LogP contribution >= 0.6 is 0 Å². The largest absolute Gasteiger partial charge is 0.369 e. The van der Waals surface area contributed by atoms with Crippen molar-refractivity contribution in [2.24, 2.45) is 5.41 Å². The van der Waals surface area contributed by atoms with Gasteiger partial charge in [-0.2, -0.15) is 4.98 Å². The molecule has 0 amide bonds. The molecule has 1 fully saturated rings. The fraction of sp³-hybridized carbons (Fsp3) is 0.667. The van der Waals surface area contributed by atoms with Gasteiger partial charge in [-0.3, -0.25) is 0 Å². The molecule has 4 nitrogen and oxygen atoms in total. The molecule has 0 bridgehead atoms. The molecule has 1 aliphatic rings. The minimum Gasteiger partial charge on any atom is -0.369 e. The van der Waals surface area contributed by atoms with E-state index in [4.69, 9.17) is 0 Å².